The molecule has 1 aliphatic heterocycles. The Kier molecular flexibility index (Phi) is 2.94. The van der Waals surface area contributed by atoms with Gasteiger partial charge in [0.1, 0.15) is 0 Å². The summed E-state index contributed by atoms with van der Waals surface area (Å²) in [7, 11) is 0. The van der Waals surface area contributed by atoms with E-state index in [1.165, 1.54) is 36.9 Å². The van der Waals surface area contributed by atoms with Gasteiger partial charge >= 0.3 is 0 Å². The standard InChI is InChI=1S/C17H22N2O/c20-17(15-9-11-3-4-12(15)8-11)19-14-5-6-16-13(10-14)2-1-7-18-16/h5-6,10-12,15,18H,1-4,7-9H2,(H,19,20). The van der Waals surface area contributed by atoms with Crippen LogP contribution in [0.4, 0.5) is 11.4 Å². The lowest BCUT2D eigenvalue weighted by Gasteiger charge is -2.22. The van der Waals surface area contributed by atoms with Gasteiger partial charge in [0, 0.05) is 23.8 Å². The van der Waals surface area contributed by atoms with Crippen LogP contribution in [0, 0.1) is 17.8 Å². The van der Waals surface area contributed by atoms with Gasteiger partial charge in [0.2, 0.25) is 5.91 Å². The van der Waals surface area contributed by atoms with Gasteiger partial charge in [-0.3, -0.25) is 4.79 Å². The van der Waals surface area contributed by atoms with Gasteiger partial charge in [0.15, 0.2) is 0 Å². The van der Waals surface area contributed by atoms with Gasteiger partial charge in [-0.1, -0.05) is 6.42 Å². The highest BCUT2D eigenvalue weighted by atomic mass is 16.1. The third-order valence-corrected chi connectivity index (χ3v) is 5.39. The summed E-state index contributed by atoms with van der Waals surface area (Å²) >= 11 is 0. The van der Waals surface area contributed by atoms with E-state index in [1.54, 1.807) is 0 Å². The Morgan fingerprint density at radius 2 is 2.20 bits per heavy atom. The van der Waals surface area contributed by atoms with E-state index < -0.39 is 0 Å². The maximum atomic E-state index is 12.4. The molecule has 2 saturated carbocycles. The van der Waals surface area contributed by atoms with E-state index in [1.807, 2.05) is 6.07 Å². The van der Waals surface area contributed by atoms with Crippen molar-refractivity contribution in [2.45, 2.75) is 38.5 Å². The molecule has 3 aliphatic rings. The van der Waals surface area contributed by atoms with Crippen LogP contribution in [0.3, 0.4) is 0 Å². The van der Waals surface area contributed by atoms with Gasteiger partial charge in [-0.2, -0.15) is 0 Å². The van der Waals surface area contributed by atoms with Crippen molar-refractivity contribution in [3.8, 4) is 0 Å². The number of amides is 1. The molecule has 3 heteroatoms. The van der Waals surface area contributed by atoms with Crippen LogP contribution in [0.2, 0.25) is 0 Å². The van der Waals surface area contributed by atoms with E-state index in [2.05, 4.69) is 22.8 Å². The van der Waals surface area contributed by atoms with E-state index >= 15 is 0 Å². The number of nitrogens with one attached hydrogen (secondary N) is 2. The van der Waals surface area contributed by atoms with Crippen LogP contribution in [-0.4, -0.2) is 12.5 Å². The van der Waals surface area contributed by atoms with Crippen molar-refractivity contribution in [1.29, 1.82) is 0 Å². The molecule has 1 aromatic carbocycles. The summed E-state index contributed by atoms with van der Waals surface area (Å²) in [4.78, 5) is 12.4. The van der Waals surface area contributed by atoms with Crippen LogP contribution < -0.4 is 10.6 Å². The molecule has 2 aliphatic carbocycles. The molecule has 2 N–H and O–H groups in total. The second kappa shape index (κ2) is 4.80. The minimum Gasteiger partial charge on any atom is -0.385 e. The molecule has 106 valence electrons. The van der Waals surface area contributed by atoms with Crippen molar-refractivity contribution in [1.82, 2.24) is 0 Å². The number of hydrogen-bond acceptors (Lipinski definition) is 2. The Morgan fingerprint density at radius 3 is 3.00 bits per heavy atom. The minimum atomic E-state index is 0.251. The van der Waals surface area contributed by atoms with Gasteiger partial charge in [-0.15, -0.1) is 0 Å². The van der Waals surface area contributed by atoms with Gasteiger partial charge in [-0.25, -0.2) is 0 Å². The monoisotopic (exact) mass is 270 g/mol. The lowest BCUT2D eigenvalue weighted by atomic mass is 9.88. The first kappa shape index (κ1) is 12.2. The van der Waals surface area contributed by atoms with Crippen molar-refractivity contribution in [2.24, 2.45) is 17.8 Å². The fourth-order valence-electron chi connectivity index (χ4n) is 4.35. The van der Waals surface area contributed by atoms with Crippen LogP contribution in [0.5, 0.6) is 0 Å². The summed E-state index contributed by atoms with van der Waals surface area (Å²) in [6, 6.07) is 6.28. The van der Waals surface area contributed by atoms with Crippen LogP contribution >= 0.6 is 0 Å². The summed E-state index contributed by atoms with van der Waals surface area (Å²) < 4.78 is 0. The van der Waals surface area contributed by atoms with E-state index in [4.69, 9.17) is 0 Å². The van der Waals surface area contributed by atoms with E-state index in [0.29, 0.717) is 5.92 Å². The van der Waals surface area contributed by atoms with Gasteiger partial charge in [0.05, 0.1) is 0 Å². The smallest absolute Gasteiger partial charge is 0.227 e. The zero-order valence-electron chi connectivity index (χ0n) is 11.8. The van der Waals surface area contributed by atoms with Crippen molar-refractivity contribution >= 4 is 17.3 Å². The molecule has 2 bridgehead atoms. The molecule has 1 aromatic rings. The number of carbonyl (C=O) groups excluding carboxylic acids is 1. The number of rotatable bonds is 2. The zero-order chi connectivity index (χ0) is 13.5. The molecular formula is C17H22N2O. The Hall–Kier alpha value is -1.51. The number of anilines is 2. The van der Waals surface area contributed by atoms with Gasteiger partial charge in [-0.05, 0) is 67.7 Å². The fraction of sp³-hybridized carbons (Fsp3) is 0.588. The first-order valence-corrected chi connectivity index (χ1v) is 7.97. The van der Waals surface area contributed by atoms with Gasteiger partial charge < -0.3 is 10.6 Å². The number of hydrogen-bond donors (Lipinski definition) is 2. The Labute approximate surface area is 120 Å². The highest BCUT2D eigenvalue weighted by Crippen LogP contribution is 2.48. The molecule has 3 unspecified atom stereocenters. The average Bonchev–Trinajstić information content (AvgIpc) is 3.10. The third-order valence-electron chi connectivity index (χ3n) is 5.39. The third kappa shape index (κ3) is 2.09. The summed E-state index contributed by atoms with van der Waals surface area (Å²) in [6.45, 7) is 1.06. The lowest BCUT2D eigenvalue weighted by Crippen LogP contribution is -2.27. The molecule has 1 amide bonds. The molecule has 4 rings (SSSR count). The molecule has 1 heterocycles. The fourth-order valence-corrected chi connectivity index (χ4v) is 4.35. The quantitative estimate of drug-likeness (QED) is 0.864. The molecule has 0 radical (unpaired) electrons. The van der Waals surface area contributed by atoms with E-state index in [9.17, 15) is 4.79 Å². The summed E-state index contributed by atoms with van der Waals surface area (Å²) in [5.74, 6) is 1.99. The predicted molar refractivity (Wildman–Crippen MR) is 80.8 cm³/mol. The van der Waals surface area contributed by atoms with Crippen LogP contribution in [-0.2, 0) is 11.2 Å². The van der Waals surface area contributed by atoms with Crippen molar-refractivity contribution in [3.05, 3.63) is 23.8 Å². The summed E-state index contributed by atoms with van der Waals surface area (Å²) in [5.41, 5.74) is 3.54. The maximum Gasteiger partial charge on any atom is 0.227 e. The van der Waals surface area contributed by atoms with E-state index in [-0.39, 0.29) is 11.8 Å². The predicted octanol–water partition coefficient (Wildman–Crippen LogP) is 3.42. The lowest BCUT2D eigenvalue weighted by molar-refractivity contribution is -0.121. The first-order chi connectivity index (χ1) is 9.79. The van der Waals surface area contributed by atoms with Crippen LogP contribution in [0.25, 0.3) is 0 Å². The largest absolute Gasteiger partial charge is 0.385 e. The molecule has 2 fully saturated rings. The van der Waals surface area contributed by atoms with E-state index in [0.717, 1.165) is 31.0 Å². The van der Waals surface area contributed by atoms with Crippen molar-refractivity contribution in [2.75, 3.05) is 17.2 Å². The Bertz CT molecular complexity index is 540. The summed E-state index contributed by atoms with van der Waals surface area (Å²) in [6.07, 6.45) is 7.29. The highest BCUT2D eigenvalue weighted by Gasteiger charge is 2.43. The second-order valence-electron chi connectivity index (χ2n) is 6.67. The highest BCUT2D eigenvalue weighted by molar-refractivity contribution is 5.93. The first-order valence-electron chi connectivity index (χ1n) is 7.97. The Balaban J connectivity index is 1.47. The van der Waals surface area contributed by atoms with Gasteiger partial charge in [0.25, 0.3) is 0 Å². The van der Waals surface area contributed by atoms with Crippen LogP contribution in [0.15, 0.2) is 18.2 Å². The molecular weight excluding hydrogens is 248 g/mol. The molecule has 3 atom stereocenters. The molecule has 20 heavy (non-hydrogen) atoms. The zero-order valence-corrected chi connectivity index (χ0v) is 11.8. The molecule has 3 nitrogen and oxygen atoms in total. The minimum absolute atomic E-state index is 0.251. The number of fused-ring (bicyclic) bond motifs is 3. The number of carbonyl (C=O) groups is 1. The molecule has 0 saturated heterocycles. The second-order valence-corrected chi connectivity index (χ2v) is 6.67. The van der Waals surface area contributed by atoms with Crippen molar-refractivity contribution in [3.63, 3.8) is 0 Å². The SMILES string of the molecule is O=C(Nc1ccc2c(c1)CCCN2)C1CC2CCC1C2. The topological polar surface area (TPSA) is 41.1 Å². The van der Waals surface area contributed by atoms with Crippen LogP contribution in [0.1, 0.15) is 37.7 Å². The number of benzene rings is 1. The average molecular weight is 270 g/mol. The van der Waals surface area contributed by atoms with Crippen molar-refractivity contribution < 1.29 is 4.79 Å². The normalized spacial score (nSPS) is 30.7. The Morgan fingerprint density at radius 1 is 1.25 bits per heavy atom. The molecule has 0 spiro atoms. The number of aryl methyl sites for hydroxylation is 1. The molecule has 0 aromatic heterocycles. The summed E-state index contributed by atoms with van der Waals surface area (Å²) in [5, 5.41) is 6.56. The maximum absolute atomic E-state index is 12.4.